The monoisotopic (exact) mass is 238 g/mol. The number of rotatable bonds is 4. The summed E-state index contributed by atoms with van der Waals surface area (Å²) < 4.78 is 0. The van der Waals surface area contributed by atoms with E-state index in [0.29, 0.717) is 6.04 Å². The van der Waals surface area contributed by atoms with Crippen molar-refractivity contribution in [1.82, 2.24) is 10.3 Å². The minimum Gasteiger partial charge on any atom is -0.309 e. The third-order valence-corrected chi connectivity index (χ3v) is 4.27. The minimum atomic E-state index is 0.542. The molecule has 0 radical (unpaired) electrons. The number of nitrogens with zero attached hydrogens (tertiary/aromatic N) is 1. The summed E-state index contributed by atoms with van der Waals surface area (Å²) in [5.41, 5.74) is 1.22. The van der Waals surface area contributed by atoms with Gasteiger partial charge in [0.15, 0.2) is 0 Å². The van der Waals surface area contributed by atoms with Gasteiger partial charge in [0.05, 0.1) is 10.7 Å². The number of thiazole rings is 1. The molecule has 1 heterocycles. The van der Waals surface area contributed by atoms with Gasteiger partial charge in [0.1, 0.15) is 0 Å². The van der Waals surface area contributed by atoms with E-state index >= 15 is 0 Å². The first-order chi connectivity index (χ1) is 7.75. The molecule has 0 spiro atoms. The molecule has 1 fully saturated rings. The van der Waals surface area contributed by atoms with Crippen molar-refractivity contribution < 1.29 is 0 Å². The van der Waals surface area contributed by atoms with Crippen molar-refractivity contribution in [2.75, 3.05) is 0 Å². The molecule has 2 nitrogen and oxygen atoms in total. The summed E-state index contributed by atoms with van der Waals surface area (Å²) in [7, 11) is 0. The van der Waals surface area contributed by atoms with E-state index in [4.69, 9.17) is 4.98 Å². The summed E-state index contributed by atoms with van der Waals surface area (Å²) in [6.45, 7) is 5.27. The Morgan fingerprint density at radius 1 is 1.38 bits per heavy atom. The molecule has 0 saturated heterocycles. The zero-order valence-corrected chi connectivity index (χ0v) is 11.1. The highest BCUT2D eigenvalue weighted by atomic mass is 32.1. The molecule has 1 aromatic heterocycles. The van der Waals surface area contributed by atoms with Gasteiger partial charge in [0, 0.05) is 23.9 Å². The predicted molar refractivity (Wildman–Crippen MR) is 69.9 cm³/mol. The Labute approximate surface area is 102 Å². The normalized spacial score (nSPS) is 18.2. The van der Waals surface area contributed by atoms with Gasteiger partial charge in [-0.05, 0) is 12.8 Å². The lowest BCUT2D eigenvalue weighted by molar-refractivity contribution is 0.441. The summed E-state index contributed by atoms with van der Waals surface area (Å²) in [5.74, 6) is 0.756. The highest BCUT2D eigenvalue weighted by molar-refractivity contribution is 7.09. The Balaban J connectivity index is 1.90. The van der Waals surface area contributed by atoms with Crippen molar-refractivity contribution in [1.29, 1.82) is 0 Å². The van der Waals surface area contributed by atoms with Gasteiger partial charge < -0.3 is 5.32 Å². The van der Waals surface area contributed by atoms with E-state index < -0.39 is 0 Å². The minimum absolute atomic E-state index is 0.542. The Kier molecular flexibility index (Phi) is 4.36. The lowest BCUT2D eigenvalue weighted by Gasteiger charge is -2.18. The Morgan fingerprint density at radius 3 is 2.81 bits per heavy atom. The molecule has 0 atom stereocenters. The highest BCUT2D eigenvalue weighted by Crippen LogP contribution is 2.34. The number of aromatic nitrogens is 1. The molecule has 1 aliphatic rings. The standard InChI is InChI=1S/C13H22N2S/c1-10(2)14-8-12-9-16-13(15-12)11-6-4-3-5-7-11/h9-11,14H,3-8H2,1-2H3. The van der Waals surface area contributed by atoms with Crippen molar-refractivity contribution >= 4 is 11.3 Å². The fraction of sp³-hybridized carbons (Fsp3) is 0.769. The SMILES string of the molecule is CC(C)NCc1csc(C2CCCCC2)n1. The molecule has 0 aromatic carbocycles. The first-order valence-electron chi connectivity index (χ1n) is 6.43. The van der Waals surface area contributed by atoms with E-state index in [2.05, 4.69) is 24.5 Å². The molecular formula is C13H22N2S. The third kappa shape index (κ3) is 3.29. The van der Waals surface area contributed by atoms with E-state index in [-0.39, 0.29) is 0 Å². The first-order valence-corrected chi connectivity index (χ1v) is 7.31. The van der Waals surface area contributed by atoms with Gasteiger partial charge in [-0.1, -0.05) is 33.1 Å². The average Bonchev–Trinajstić information content (AvgIpc) is 2.76. The van der Waals surface area contributed by atoms with Crippen LogP contribution in [0.25, 0.3) is 0 Å². The van der Waals surface area contributed by atoms with Gasteiger partial charge in [-0.15, -0.1) is 11.3 Å². The van der Waals surface area contributed by atoms with Gasteiger partial charge >= 0.3 is 0 Å². The Bertz CT molecular complexity index is 313. The van der Waals surface area contributed by atoms with Crippen LogP contribution in [0.3, 0.4) is 0 Å². The number of nitrogens with one attached hydrogen (secondary N) is 1. The van der Waals surface area contributed by atoms with Crippen LogP contribution in [0.2, 0.25) is 0 Å². The summed E-state index contributed by atoms with van der Waals surface area (Å²) in [5, 5.41) is 7.02. The molecule has 16 heavy (non-hydrogen) atoms. The maximum atomic E-state index is 4.76. The summed E-state index contributed by atoms with van der Waals surface area (Å²) in [6.07, 6.45) is 6.91. The van der Waals surface area contributed by atoms with E-state index in [1.807, 2.05) is 11.3 Å². The van der Waals surface area contributed by atoms with Crippen LogP contribution >= 0.6 is 11.3 Å². The molecule has 1 saturated carbocycles. The van der Waals surface area contributed by atoms with Gasteiger partial charge in [-0.25, -0.2) is 4.98 Å². The maximum absolute atomic E-state index is 4.76. The van der Waals surface area contributed by atoms with Crippen LogP contribution in [0.5, 0.6) is 0 Å². The molecule has 3 heteroatoms. The molecule has 1 aromatic rings. The molecule has 0 bridgehead atoms. The molecule has 1 aliphatic carbocycles. The summed E-state index contributed by atoms with van der Waals surface area (Å²) >= 11 is 1.86. The Hall–Kier alpha value is -0.410. The van der Waals surface area contributed by atoms with Gasteiger partial charge in [-0.2, -0.15) is 0 Å². The highest BCUT2D eigenvalue weighted by Gasteiger charge is 2.18. The zero-order valence-electron chi connectivity index (χ0n) is 10.3. The van der Waals surface area contributed by atoms with E-state index in [1.54, 1.807) is 0 Å². The second kappa shape index (κ2) is 5.78. The lowest BCUT2D eigenvalue weighted by atomic mass is 9.90. The maximum Gasteiger partial charge on any atom is 0.0959 e. The number of hydrogen-bond donors (Lipinski definition) is 1. The zero-order chi connectivity index (χ0) is 11.4. The molecule has 1 N–H and O–H groups in total. The summed E-state index contributed by atoms with van der Waals surface area (Å²) in [6, 6.07) is 0.542. The van der Waals surface area contributed by atoms with E-state index in [9.17, 15) is 0 Å². The molecule has 2 rings (SSSR count). The van der Waals surface area contributed by atoms with Crippen LogP contribution in [-0.2, 0) is 6.54 Å². The smallest absolute Gasteiger partial charge is 0.0959 e. The van der Waals surface area contributed by atoms with Crippen LogP contribution in [0.15, 0.2) is 5.38 Å². The summed E-state index contributed by atoms with van der Waals surface area (Å²) in [4.78, 5) is 4.76. The van der Waals surface area contributed by atoms with Gasteiger partial charge in [-0.3, -0.25) is 0 Å². The molecule has 0 unspecified atom stereocenters. The second-order valence-corrected chi connectivity index (χ2v) is 5.94. The van der Waals surface area contributed by atoms with Crippen LogP contribution in [-0.4, -0.2) is 11.0 Å². The van der Waals surface area contributed by atoms with Crippen molar-refractivity contribution in [3.8, 4) is 0 Å². The van der Waals surface area contributed by atoms with Crippen LogP contribution < -0.4 is 5.32 Å². The third-order valence-electron chi connectivity index (χ3n) is 3.22. The first kappa shape index (κ1) is 12.1. The molecule has 0 aliphatic heterocycles. The average molecular weight is 238 g/mol. The lowest BCUT2D eigenvalue weighted by Crippen LogP contribution is -2.22. The fourth-order valence-corrected chi connectivity index (χ4v) is 3.24. The van der Waals surface area contributed by atoms with Crippen LogP contribution in [0, 0.1) is 0 Å². The van der Waals surface area contributed by atoms with Crippen molar-refractivity contribution in [2.45, 2.75) is 64.5 Å². The molecule has 90 valence electrons. The molecule has 0 amide bonds. The van der Waals surface area contributed by atoms with Crippen molar-refractivity contribution in [2.24, 2.45) is 0 Å². The predicted octanol–water partition coefficient (Wildman–Crippen LogP) is 3.69. The van der Waals surface area contributed by atoms with Crippen LogP contribution in [0.4, 0.5) is 0 Å². The fourth-order valence-electron chi connectivity index (χ4n) is 2.25. The van der Waals surface area contributed by atoms with Crippen molar-refractivity contribution in [3.05, 3.63) is 16.1 Å². The van der Waals surface area contributed by atoms with Gasteiger partial charge in [0.25, 0.3) is 0 Å². The Morgan fingerprint density at radius 2 is 2.12 bits per heavy atom. The number of hydrogen-bond acceptors (Lipinski definition) is 3. The van der Waals surface area contributed by atoms with Crippen LogP contribution in [0.1, 0.15) is 62.6 Å². The second-order valence-electron chi connectivity index (χ2n) is 5.05. The van der Waals surface area contributed by atoms with E-state index in [1.165, 1.54) is 42.8 Å². The van der Waals surface area contributed by atoms with Gasteiger partial charge in [0.2, 0.25) is 0 Å². The quantitative estimate of drug-likeness (QED) is 0.865. The van der Waals surface area contributed by atoms with Crippen molar-refractivity contribution in [3.63, 3.8) is 0 Å². The largest absolute Gasteiger partial charge is 0.309 e. The van der Waals surface area contributed by atoms with E-state index in [0.717, 1.165) is 12.5 Å². The molecular weight excluding hydrogens is 216 g/mol. The topological polar surface area (TPSA) is 24.9 Å².